The quantitative estimate of drug-likeness (QED) is 0.449. The first-order valence-corrected chi connectivity index (χ1v) is 6.98. The molecule has 0 radical (unpaired) electrons. The average molecular weight is 311 g/mol. The Balaban J connectivity index is 2.23. The third kappa shape index (κ3) is 4.41. The number of aliphatic imine (C=N–C) groups is 1. The number of para-hydroxylation sites is 1. The molecule has 2 aromatic carbocycles. The van der Waals surface area contributed by atoms with Gasteiger partial charge in [-0.2, -0.15) is 0 Å². The molecular formula is C17H17N3O3. The van der Waals surface area contributed by atoms with E-state index in [1.165, 1.54) is 13.0 Å². The van der Waals surface area contributed by atoms with Gasteiger partial charge in [-0.1, -0.05) is 29.8 Å². The monoisotopic (exact) mass is 311 g/mol. The summed E-state index contributed by atoms with van der Waals surface area (Å²) in [5, 5.41) is 9.16. The van der Waals surface area contributed by atoms with Crippen molar-refractivity contribution < 1.29 is 14.7 Å². The number of carbonyl (C=O) groups excluding carboxylic acids is 1. The molecule has 0 amide bonds. The smallest absolute Gasteiger partial charge is 0.337 e. The number of carbonyl (C=O) groups is 2. The number of nitrogens with zero attached hydrogens (tertiary/aromatic N) is 1. The Labute approximate surface area is 133 Å². The summed E-state index contributed by atoms with van der Waals surface area (Å²) in [5.41, 5.74) is 7.72. The van der Waals surface area contributed by atoms with Crippen LogP contribution in [0.2, 0.25) is 0 Å². The van der Waals surface area contributed by atoms with Crippen LogP contribution in [0.3, 0.4) is 0 Å². The lowest BCUT2D eigenvalue weighted by atomic mass is 10.2. The number of nitrogens with one attached hydrogen (secondary N) is 2. The van der Waals surface area contributed by atoms with E-state index in [1.807, 2.05) is 31.2 Å². The fraction of sp³-hybridized carbons (Fsp3) is 0.118. The number of hydrogen-bond donors (Lipinski definition) is 3. The second-order valence-corrected chi connectivity index (χ2v) is 4.95. The molecule has 0 bridgehead atoms. The van der Waals surface area contributed by atoms with E-state index in [2.05, 4.69) is 15.8 Å². The topological polar surface area (TPSA) is 90.8 Å². The number of rotatable bonds is 5. The van der Waals surface area contributed by atoms with Crippen LogP contribution in [0.25, 0.3) is 0 Å². The number of hydrazine groups is 1. The zero-order valence-electron chi connectivity index (χ0n) is 12.8. The molecule has 6 heteroatoms. The molecule has 23 heavy (non-hydrogen) atoms. The Kier molecular flexibility index (Phi) is 5.09. The molecule has 6 nitrogen and oxygen atoms in total. The van der Waals surface area contributed by atoms with Gasteiger partial charge in [0.05, 0.1) is 16.9 Å². The van der Waals surface area contributed by atoms with Crippen molar-refractivity contribution in [3.8, 4) is 0 Å². The number of Topliss-reactive ketones (excluding diaryl/α,β-unsaturated/α-hetero) is 1. The van der Waals surface area contributed by atoms with Crippen molar-refractivity contribution in [3.63, 3.8) is 0 Å². The average Bonchev–Trinajstić information content (AvgIpc) is 2.53. The van der Waals surface area contributed by atoms with Crippen molar-refractivity contribution in [1.29, 1.82) is 0 Å². The van der Waals surface area contributed by atoms with Crippen LogP contribution in [0.15, 0.2) is 53.5 Å². The SMILES string of the molecule is CC(=O)C(=Nc1ccccc1C(=O)O)NNc1ccc(C)cc1. The Morgan fingerprint density at radius 2 is 1.70 bits per heavy atom. The molecule has 0 aliphatic carbocycles. The molecule has 0 atom stereocenters. The number of hydrogen-bond acceptors (Lipinski definition) is 4. The van der Waals surface area contributed by atoms with E-state index in [4.69, 9.17) is 5.11 Å². The summed E-state index contributed by atoms with van der Waals surface area (Å²) in [5.74, 6) is -1.39. The number of carboxylic acids is 1. The van der Waals surface area contributed by atoms with Crippen molar-refractivity contribution in [2.24, 2.45) is 4.99 Å². The van der Waals surface area contributed by atoms with E-state index < -0.39 is 5.97 Å². The van der Waals surface area contributed by atoms with E-state index in [0.717, 1.165) is 11.3 Å². The largest absolute Gasteiger partial charge is 0.478 e. The lowest BCUT2D eigenvalue weighted by molar-refractivity contribution is -0.111. The van der Waals surface area contributed by atoms with Gasteiger partial charge in [0.25, 0.3) is 0 Å². The first-order chi connectivity index (χ1) is 11.0. The van der Waals surface area contributed by atoms with Crippen LogP contribution in [-0.4, -0.2) is 22.7 Å². The van der Waals surface area contributed by atoms with Crippen LogP contribution in [0.5, 0.6) is 0 Å². The second-order valence-electron chi connectivity index (χ2n) is 4.95. The van der Waals surface area contributed by atoms with Gasteiger partial charge in [-0.3, -0.25) is 15.6 Å². The van der Waals surface area contributed by atoms with Gasteiger partial charge in [-0.05, 0) is 31.2 Å². The number of carboxylic acid groups (broad SMARTS) is 1. The summed E-state index contributed by atoms with van der Waals surface area (Å²) >= 11 is 0. The predicted octanol–water partition coefficient (Wildman–Crippen LogP) is 2.93. The van der Waals surface area contributed by atoms with Crippen LogP contribution in [0.1, 0.15) is 22.8 Å². The van der Waals surface area contributed by atoms with Gasteiger partial charge >= 0.3 is 5.97 Å². The maximum Gasteiger partial charge on any atom is 0.337 e. The summed E-state index contributed by atoms with van der Waals surface area (Å²) < 4.78 is 0. The fourth-order valence-electron chi connectivity index (χ4n) is 1.84. The minimum Gasteiger partial charge on any atom is -0.478 e. The Morgan fingerprint density at radius 3 is 2.30 bits per heavy atom. The van der Waals surface area contributed by atoms with E-state index >= 15 is 0 Å². The van der Waals surface area contributed by atoms with Crippen LogP contribution >= 0.6 is 0 Å². The molecule has 0 aliphatic rings. The van der Waals surface area contributed by atoms with Gasteiger partial charge in [0.15, 0.2) is 11.6 Å². The van der Waals surface area contributed by atoms with Gasteiger partial charge in [-0.25, -0.2) is 9.79 Å². The van der Waals surface area contributed by atoms with Crippen LogP contribution in [-0.2, 0) is 4.79 Å². The van der Waals surface area contributed by atoms with Crippen molar-refractivity contribution in [1.82, 2.24) is 5.43 Å². The zero-order valence-corrected chi connectivity index (χ0v) is 12.8. The molecule has 0 spiro atoms. The van der Waals surface area contributed by atoms with Crippen molar-refractivity contribution in [3.05, 3.63) is 59.7 Å². The highest BCUT2D eigenvalue weighted by Gasteiger charge is 2.11. The number of ketones is 1. The lowest BCUT2D eigenvalue weighted by Gasteiger charge is -2.11. The molecule has 0 saturated carbocycles. The highest BCUT2D eigenvalue weighted by Crippen LogP contribution is 2.18. The van der Waals surface area contributed by atoms with Crippen LogP contribution in [0.4, 0.5) is 11.4 Å². The van der Waals surface area contributed by atoms with Crippen LogP contribution in [0, 0.1) is 6.92 Å². The third-order valence-corrected chi connectivity index (χ3v) is 3.08. The summed E-state index contributed by atoms with van der Waals surface area (Å²) in [6.07, 6.45) is 0. The zero-order chi connectivity index (χ0) is 16.8. The number of benzene rings is 2. The van der Waals surface area contributed by atoms with Gasteiger partial charge in [-0.15, -0.1) is 0 Å². The molecule has 2 aromatic rings. The summed E-state index contributed by atoms with van der Waals surface area (Å²) in [4.78, 5) is 27.0. The number of aromatic carboxylic acids is 1. The maximum atomic E-state index is 11.7. The van der Waals surface area contributed by atoms with E-state index in [-0.39, 0.29) is 22.9 Å². The highest BCUT2D eigenvalue weighted by molar-refractivity contribution is 6.38. The minimum absolute atomic E-state index is 0.0271. The molecule has 0 saturated heterocycles. The molecule has 0 aliphatic heterocycles. The van der Waals surface area contributed by atoms with Crippen molar-refractivity contribution in [2.45, 2.75) is 13.8 Å². The van der Waals surface area contributed by atoms with Gasteiger partial charge in [0, 0.05) is 6.92 Å². The summed E-state index contributed by atoms with van der Waals surface area (Å²) in [7, 11) is 0. The fourth-order valence-corrected chi connectivity index (χ4v) is 1.84. The minimum atomic E-state index is -1.10. The molecule has 0 aromatic heterocycles. The Morgan fingerprint density at radius 1 is 1.04 bits per heavy atom. The Hall–Kier alpha value is -3.15. The molecule has 118 valence electrons. The predicted molar refractivity (Wildman–Crippen MR) is 89.1 cm³/mol. The number of aryl methyl sites for hydroxylation is 1. The van der Waals surface area contributed by atoms with E-state index in [0.29, 0.717) is 0 Å². The normalized spacial score (nSPS) is 11.0. The first-order valence-electron chi connectivity index (χ1n) is 6.98. The Bertz CT molecular complexity index is 752. The van der Waals surface area contributed by atoms with Crippen molar-refractivity contribution in [2.75, 3.05) is 5.43 Å². The molecular weight excluding hydrogens is 294 g/mol. The lowest BCUT2D eigenvalue weighted by Crippen LogP contribution is -2.34. The molecule has 0 heterocycles. The number of amidine groups is 1. The molecule has 0 unspecified atom stereocenters. The van der Waals surface area contributed by atoms with Crippen molar-refractivity contribution >= 4 is 29.0 Å². The molecule has 0 fully saturated rings. The third-order valence-electron chi connectivity index (χ3n) is 3.08. The molecule has 2 rings (SSSR count). The van der Waals surface area contributed by atoms with Gasteiger partial charge < -0.3 is 5.11 Å². The summed E-state index contributed by atoms with van der Waals surface area (Å²) in [6.45, 7) is 3.33. The van der Waals surface area contributed by atoms with Crippen LogP contribution < -0.4 is 10.9 Å². The van der Waals surface area contributed by atoms with Gasteiger partial charge in [0.1, 0.15) is 0 Å². The highest BCUT2D eigenvalue weighted by atomic mass is 16.4. The van der Waals surface area contributed by atoms with Gasteiger partial charge in [0.2, 0.25) is 0 Å². The maximum absolute atomic E-state index is 11.7. The second kappa shape index (κ2) is 7.22. The van der Waals surface area contributed by atoms with E-state index in [9.17, 15) is 9.59 Å². The number of anilines is 1. The van der Waals surface area contributed by atoms with E-state index in [1.54, 1.807) is 18.2 Å². The standard InChI is InChI=1S/C17H17N3O3/c1-11-7-9-13(10-8-11)19-20-16(12(2)21)18-15-6-4-3-5-14(15)17(22)23/h3-10,19H,1-2H3,(H,18,20)(H,22,23). The molecule has 3 N–H and O–H groups in total. The summed E-state index contributed by atoms with van der Waals surface area (Å²) in [6, 6.07) is 13.8. The first kappa shape index (κ1) is 16.2.